The van der Waals surface area contributed by atoms with E-state index in [-0.39, 0.29) is 30.0 Å². The van der Waals surface area contributed by atoms with Crippen molar-refractivity contribution in [2.75, 3.05) is 38.2 Å². The zero-order valence-corrected chi connectivity index (χ0v) is 20.8. The van der Waals surface area contributed by atoms with Crippen molar-refractivity contribution in [3.8, 4) is 11.8 Å². The molecule has 2 fully saturated rings. The van der Waals surface area contributed by atoms with Crippen molar-refractivity contribution in [2.45, 2.75) is 44.1 Å². The summed E-state index contributed by atoms with van der Waals surface area (Å²) < 4.78 is 7.65. The van der Waals surface area contributed by atoms with E-state index >= 15 is 0 Å². The summed E-state index contributed by atoms with van der Waals surface area (Å²) in [7, 11) is 1.98. The molecule has 0 unspecified atom stereocenters. The number of anilines is 1. The zero-order chi connectivity index (χ0) is 25.5. The van der Waals surface area contributed by atoms with E-state index < -0.39 is 0 Å². The van der Waals surface area contributed by atoms with Gasteiger partial charge < -0.3 is 19.9 Å². The lowest BCUT2D eigenvalue weighted by molar-refractivity contribution is -0.123. The summed E-state index contributed by atoms with van der Waals surface area (Å²) >= 11 is 0. The topological polar surface area (TPSA) is 116 Å². The number of nitrogens with zero attached hydrogens (tertiary/aromatic N) is 6. The summed E-state index contributed by atoms with van der Waals surface area (Å²) in [5.74, 6) is 1.17. The second-order valence-electron chi connectivity index (χ2n) is 10.0. The van der Waals surface area contributed by atoms with Crippen molar-refractivity contribution in [3.63, 3.8) is 0 Å². The van der Waals surface area contributed by atoms with Crippen LogP contribution >= 0.6 is 0 Å². The van der Waals surface area contributed by atoms with Gasteiger partial charge in [-0.15, -0.1) is 0 Å². The van der Waals surface area contributed by atoms with E-state index in [1.165, 1.54) is 0 Å². The molecular formula is C27H29N7O3. The smallest absolute Gasteiger partial charge is 0.258 e. The Morgan fingerprint density at radius 1 is 1.08 bits per heavy atom. The summed E-state index contributed by atoms with van der Waals surface area (Å²) in [5, 5.41) is 17.3. The fraction of sp³-hybridized carbons (Fsp3) is 0.444. The number of piperidine rings is 1. The van der Waals surface area contributed by atoms with E-state index in [2.05, 4.69) is 22.4 Å². The highest BCUT2D eigenvalue weighted by atomic mass is 16.5. The number of hydrogen-bond donors (Lipinski definition) is 1. The van der Waals surface area contributed by atoms with Crippen LogP contribution in [0.5, 0.6) is 5.75 Å². The molecule has 3 aromatic rings. The maximum atomic E-state index is 13.9. The molecule has 3 aliphatic rings. The van der Waals surface area contributed by atoms with Crippen LogP contribution in [-0.4, -0.2) is 64.6 Å². The first kappa shape index (κ1) is 23.3. The number of carbonyl (C=O) groups excluding carboxylic acids is 2. The van der Waals surface area contributed by atoms with Gasteiger partial charge in [-0.2, -0.15) is 14.9 Å². The predicted octanol–water partition coefficient (Wildman–Crippen LogP) is 2.79. The lowest BCUT2D eigenvalue weighted by Gasteiger charge is -2.35. The highest BCUT2D eigenvalue weighted by molar-refractivity contribution is 5.97. The molecule has 6 rings (SSSR count). The Morgan fingerprint density at radius 3 is 2.76 bits per heavy atom. The fourth-order valence-electron chi connectivity index (χ4n) is 5.22. The lowest BCUT2D eigenvalue weighted by atomic mass is 9.97. The standard InChI is InChI=1S/C27H29N7O3/c1-32-11-9-29-25(35)16-37-23-8-5-17(15-28)12-19(23)27(36)33-10-3-2-4-22(33)21-13-24-30-20(18-6-7-18)14-26(32)34(24)31-21/h5,8,12-14,18,22H,2-4,6-7,9-11,16H2,1H3,(H,29,35)/t22-/m0/s1. The first-order valence-corrected chi connectivity index (χ1v) is 12.9. The molecule has 1 saturated carbocycles. The third-order valence-corrected chi connectivity index (χ3v) is 7.41. The van der Waals surface area contributed by atoms with E-state index in [4.69, 9.17) is 14.8 Å². The molecule has 2 aromatic heterocycles. The molecule has 0 radical (unpaired) electrons. The van der Waals surface area contributed by atoms with Crippen LogP contribution in [0.2, 0.25) is 0 Å². The SMILES string of the molecule is CN1CCNC(=O)COc2ccc(C#N)cc2C(=O)N2CCCC[C@H]2c2cc3nc(C4CC4)cc1n3n2. The quantitative estimate of drug-likeness (QED) is 0.547. The monoisotopic (exact) mass is 499 g/mol. The number of nitriles is 1. The number of likely N-dealkylation sites (N-methyl/N-ethyl adjacent to an activating group) is 1. The number of rotatable bonds is 1. The number of aromatic nitrogens is 3. The Bertz CT molecular complexity index is 1420. The van der Waals surface area contributed by atoms with Crippen molar-refractivity contribution in [1.29, 1.82) is 5.26 Å². The van der Waals surface area contributed by atoms with Crippen molar-refractivity contribution in [2.24, 2.45) is 0 Å². The second-order valence-corrected chi connectivity index (χ2v) is 10.0. The molecular weight excluding hydrogens is 470 g/mol. The summed E-state index contributed by atoms with van der Waals surface area (Å²) in [5.41, 5.74) is 3.28. The summed E-state index contributed by atoms with van der Waals surface area (Å²) in [6.07, 6.45) is 4.92. The largest absolute Gasteiger partial charge is 0.483 e. The van der Waals surface area contributed by atoms with Gasteiger partial charge >= 0.3 is 0 Å². The van der Waals surface area contributed by atoms with Crippen LogP contribution in [0.15, 0.2) is 30.3 Å². The predicted molar refractivity (Wildman–Crippen MR) is 136 cm³/mol. The van der Waals surface area contributed by atoms with Gasteiger partial charge in [0.25, 0.3) is 11.8 Å². The molecule has 1 aliphatic carbocycles. The number of ether oxygens (including phenoxy) is 1. The Labute approximate surface area is 214 Å². The van der Waals surface area contributed by atoms with Gasteiger partial charge in [-0.1, -0.05) is 0 Å². The van der Waals surface area contributed by atoms with Gasteiger partial charge in [0.05, 0.1) is 28.9 Å². The third kappa shape index (κ3) is 4.46. The second kappa shape index (κ2) is 9.39. The number of amides is 2. The molecule has 1 atom stereocenters. The highest BCUT2D eigenvalue weighted by Crippen LogP contribution is 2.41. The van der Waals surface area contributed by atoms with E-state index in [1.807, 2.05) is 22.5 Å². The van der Waals surface area contributed by atoms with Gasteiger partial charge in [0.2, 0.25) is 0 Å². The van der Waals surface area contributed by atoms with Crippen molar-refractivity contribution >= 4 is 23.3 Å². The van der Waals surface area contributed by atoms with Crippen LogP contribution in [0.25, 0.3) is 5.65 Å². The highest BCUT2D eigenvalue weighted by Gasteiger charge is 2.33. The van der Waals surface area contributed by atoms with Crippen LogP contribution in [0, 0.1) is 11.3 Å². The number of benzene rings is 1. The molecule has 1 aromatic carbocycles. The summed E-state index contributed by atoms with van der Waals surface area (Å²) in [6, 6.07) is 10.7. The van der Waals surface area contributed by atoms with Crippen LogP contribution in [-0.2, 0) is 4.79 Å². The Kier molecular flexibility index (Phi) is 5.91. The van der Waals surface area contributed by atoms with Gasteiger partial charge in [0.1, 0.15) is 11.6 Å². The van der Waals surface area contributed by atoms with Crippen LogP contribution < -0.4 is 15.0 Å². The first-order chi connectivity index (χ1) is 18.0. The number of nitrogens with one attached hydrogen (secondary N) is 1. The van der Waals surface area contributed by atoms with Crippen LogP contribution in [0.4, 0.5) is 5.82 Å². The molecule has 10 heteroatoms. The Balaban J connectivity index is 1.48. The van der Waals surface area contributed by atoms with Gasteiger partial charge in [-0.25, -0.2) is 4.98 Å². The van der Waals surface area contributed by atoms with E-state index in [0.717, 1.165) is 55.0 Å². The maximum Gasteiger partial charge on any atom is 0.258 e. The van der Waals surface area contributed by atoms with Gasteiger partial charge in [0, 0.05) is 50.4 Å². The van der Waals surface area contributed by atoms with Crippen LogP contribution in [0.3, 0.4) is 0 Å². The average molecular weight is 500 g/mol. The third-order valence-electron chi connectivity index (χ3n) is 7.41. The lowest BCUT2D eigenvalue weighted by Crippen LogP contribution is -2.39. The molecule has 2 bridgehead atoms. The number of hydrogen-bond acceptors (Lipinski definition) is 7. The summed E-state index contributed by atoms with van der Waals surface area (Å²) in [6.45, 7) is 1.36. The molecule has 37 heavy (non-hydrogen) atoms. The van der Waals surface area contributed by atoms with Gasteiger partial charge in [-0.05, 0) is 50.3 Å². The van der Waals surface area contributed by atoms with Crippen LogP contribution in [0.1, 0.15) is 71.4 Å². The van der Waals surface area contributed by atoms with Gasteiger partial charge in [0.15, 0.2) is 12.3 Å². The molecule has 1 saturated heterocycles. The molecule has 190 valence electrons. The van der Waals surface area contributed by atoms with E-state index in [0.29, 0.717) is 36.9 Å². The molecule has 0 spiro atoms. The normalized spacial score (nSPS) is 20.7. The Hall–Kier alpha value is -4.13. The molecule has 10 nitrogen and oxygen atoms in total. The maximum absolute atomic E-state index is 13.9. The fourth-order valence-corrected chi connectivity index (χ4v) is 5.22. The molecule has 4 heterocycles. The summed E-state index contributed by atoms with van der Waals surface area (Å²) in [4.78, 5) is 35.3. The number of carbonyl (C=O) groups is 2. The minimum Gasteiger partial charge on any atom is -0.483 e. The van der Waals surface area contributed by atoms with Crippen molar-refractivity contribution in [3.05, 3.63) is 52.8 Å². The zero-order valence-electron chi connectivity index (χ0n) is 20.8. The molecule has 1 N–H and O–H groups in total. The average Bonchev–Trinajstić information content (AvgIpc) is 3.68. The van der Waals surface area contributed by atoms with E-state index in [1.54, 1.807) is 18.2 Å². The van der Waals surface area contributed by atoms with E-state index in [9.17, 15) is 14.9 Å². The first-order valence-electron chi connectivity index (χ1n) is 12.9. The van der Waals surface area contributed by atoms with Crippen molar-refractivity contribution < 1.29 is 14.3 Å². The molecule has 2 amide bonds. The molecule has 2 aliphatic heterocycles. The number of fused-ring (bicyclic) bond motifs is 4. The Morgan fingerprint density at radius 2 is 1.95 bits per heavy atom. The van der Waals surface area contributed by atoms with Crippen molar-refractivity contribution in [1.82, 2.24) is 24.8 Å². The minimum absolute atomic E-state index is 0.217. The van der Waals surface area contributed by atoms with Gasteiger partial charge in [-0.3, -0.25) is 9.59 Å². The minimum atomic E-state index is -0.279.